The van der Waals surface area contributed by atoms with Crippen molar-refractivity contribution in [1.29, 1.82) is 0 Å². The number of nitrogens with one attached hydrogen (secondary N) is 1. The quantitative estimate of drug-likeness (QED) is 0.375. The first-order chi connectivity index (χ1) is 14.9. The zero-order valence-electron chi connectivity index (χ0n) is 16.5. The van der Waals surface area contributed by atoms with Crippen molar-refractivity contribution in [2.75, 3.05) is 4.42 Å². The van der Waals surface area contributed by atoms with Gasteiger partial charge in [0.15, 0.2) is 0 Å². The molecule has 4 aromatic rings. The van der Waals surface area contributed by atoms with Gasteiger partial charge in [0.1, 0.15) is 5.82 Å². The molecule has 1 heterocycles. The first-order valence-electron chi connectivity index (χ1n) is 9.63. The number of carbonyl (C=O) groups excluding carboxylic acids is 1. The molecule has 3 aromatic carbocycles. The fraction of sp³-hybridized carbons (Fsp3) is 0.0833. The molecule has 0 atom stereocenters. The molecule has 0 saturated heterocycles. The highest BCUT2D eigenvalue weighted by molar-refractivity contribution is 6.39. The van der Waals surface area contributed by atoms with E-state index in [1.54, 1.807) is 6.07 Å². The number of H-pyrrole nitrogens is 1. The summed E-state index contributed by atoms with van der Waals surface area (Å²) in [5, 5.41) is 10.4. The Kier molecular flexibility index (Phi) is 5.48. The number of nitrogens with zero attached hydrogens (tertiary/aromatic N) is 1. The number of aromatic amines is 1. The molecule has 5 nitrogen and oxygen atoms in total. The van der Waals surface area contributed by atoms with Crippen molar-refractivity contribution in [1.82, 2.24) is 4.98 Å². The van der Waals surface area contributed by atoms with Crippen molar-refractivity contribution >= 4 is 40.2 Å². The van der Waals surface area contributed by atoms with E-state index in [1.807, 2.05) is 24.4 Å². The number of rotatable bonds is 5. The monoisotopic (exact) mass is 436 g/mol. The number of amides is 1. The molecule has 156 valence electrons. The van der Waals surface area contributed by atoms with Gasteiger partial charge in [-0.05, 0) is 59.5 Å². The molecular formula is C24H18ClFN2O3. The molecule has 7 heteroatoms. The number of aryl methyl sites for hydroxylation is 1. The third-order valence-electron chi connectivity index (χ3n) is 5.21. The van der Waals surface area contributed by atoms with Gasteiger partial charge in [-0.25, -0.2) is 13.6 Å². The van der Waals surface area contributed by atoms with Crippen LogP contribution < -0.4 is 4.42 Å². The summed E-state index contributed by atoms with van der Waals surface area (Å²) in [6.45, 7) is 2.07. The fourth-order valence-electron chi connectivity index (χ4n) is 3.57. The van der Waals surface area contributed by atoms with Crippen molar-refractivity contribution in [3.63, 3.8) is 0 Å². The van der Waals surface area contributed by atoms with E-state index in [4.69, 9.17) is 11.8 Å². The molecule has 4 rings (SSSR count). The first-order valence-corrected chi connectivity index (χ1v) is 9.97. The summed E-state index contributed by atoms with van der Waals surface area (Å²) < 4.78 is 15.5. The highest BCUT2D eigenvalue weighted by Crippen LogP contribution is 2.31. The Labute approximate surface area is 182 Å². The number of aromatic carboxylic acids is 1. The summed E-state index contributed by atoms with van der Waals surface area (Å²) in [6, 6.07) is 15.9. The van der Waals surface area contributed by atoms with Crippen LogP contribution in [-0.4, -0.2) is 22.0 Å². The molecule has 0 fully saturated rings. The summed E-state index contributed by atoms with van der Waals surface area (Å²) in [5.41, 5.74) is 3.15. The summed E-state index contributed by atoms with van der Waals surface area (Å²) in [6.07, 6.45) is 2.84. The van der Waals surface area contributed by atoms with Gasteiger partial charge in [0.25, 0.3) is 5.91 Å². The lowest BCUT2D eigenvalue weighted by Crippen LogP contribution is -2.24. The van der Waals surface area contributed by atoms with Crippen LogP contribution in [0, 0.1) is 5.82 Å². The van der Waals surface area contributed by atoms with E-state index < -0.39 is 17.7 Å². The highest BCUT2D eigenvalue weighted by atomic mass is 35.5. The van der Waals surface area contributed by atoms with E-state index in [9.17, 15) is 19.1 Å². The van der Waals surface area contributed by atoms with E-state index in [2.05, 4.69) is 11.9 Å². The summed E-state index contributed by atoms with van der Waals surface area (Å²) in [4.78, 5) is 27.3. The minimum Gasteiger partial charge on any atom is -0.478 e. The number of anilines is 1. The maximum absolute atomic E-state index is 14.9. The minimum atomic E-state index is -1.27. The highest BCUT2D eigenvalue weighted by Gasteiger charge is 2.24. The molecule has 0 spiro atoms. The number of carbonyl (C=O) groups is 2. The second-order valence-corrected chi connectivity index (χ2v) is 7.37. The maximum atomic E-state index is 14.9. The van der Waals surface area contributed by atoms with Crippen molar-refractivity contribution in [2.24, 2.45) is 0 Å². The number of hydrogen-bond donors (Lipinski definition) is 2. The first kappa shape index (κ1) is 20.6. The van der Waals surface area contributed by atoms with Crippen LogP contribution in [0.25, 0.3) is 22.0 Å². The van der Waals surface area contributed by atoms with Crippen LogP contribution in [0.2, 0.25) is 0 Å². The van der Waals surface area contributed by atoms with Gasteiger partial charge in [-0.3, -0.25) is 4.79 Å². The minimum absolute atomic E-state index is 0.126. The van der Waals surface area contributed by atoms with Gasteiger partial charge < -0.3 is 10.1 Å². The number of fused-ring (bicyclic) bond motifs is 1. The molecule has 0 unspecified atom stereocenters. The van der Waals surface area contributed by atoms with E-state index in [0.29, 0.717) is 9.98 Å². The third-order valence-corrected chi connectivity index (χ3v) is 5.54. The predicted molar refractivity (Wildman–Crippen MR) is 119 cm³/mol. The van der Waals surface area contributed by atoms with Crippen LogP contribution in [0.15, 0.2) is 66.9 Å². The van der Waals surface area contributed by atoms with Gasteiger partial charge in [-0.15, -0.1) is 0 Å². The van der Waals surface area contributed by atoms with E-state index >= 15 is 0 Å². The molecule has 0 radical (unpaired) electrons. The van der Waals surface area contributed by atoms with Crippen LogP contribution >= 0.6 is 11.8 Å². The van der Waals surface area contributed by atoms with E-state index in [0.717, 1.165) is 22.9 Å². The largest absolute Gasteiger partial charge is 0.478 e. The molecular weight excluding hydrogens is 419 g/mol. The predicted octanol–water partition coefficient (Wildman–Crippen LogP) is 6.04. The number of carboxylic acid groups (broad SMARTS) is 1. The van der Waals surface area contributed by atoms with Crippen LogP contribution in [0.3, 0.4) is 0 Å². The molecule has 2 N–H and O–H groups in total. The number of hydrogen-bond acceptors (Lipinski definition) is 2. The Bertz CT molecular complexity index is 1320. The smallest absolute Gasteiger partial charge is 0.336 e. The van der Waals surface area contributed by atoms with Gasteiger partial charge in [0.05, 0.1) is 16.8 Å². The average Bonchev–Trinajstić information content (AvgIpc) is 3.20. The van der Waals surface area contributed by atoms with Crippen molar-refractivity contribution in [3.05, 3.63) is 89.4 Å². The van der Waals surface area contributed by atoms with Crippen LogP contribution in [0.5, 0.6) is 0 Å². The van der Waals surface area contributed by atoms with Gasteiger partial charge in [0.2, 0.25) is 0 Å². The molecule has 0 aliphatic carbocycles. The standard InChI is InChI=1S/C24H18ClFN2O3/c1-2-14-13-27-21-9-7-15(11-19(14)21)16-8-10-22(20(26)12-16)28(25)23(29)17-5-3-4-6-18(17)24(30)31/h3-13,27H,2H2,1H3,(H,30,31). The number of carboxylic acids is 1. The molecule has 0 aliphatic heterocycles. The van der Waals surface area contributed by atoms with Crippen molar-refractivity contribution in [2.45, 2.75) is 13.3 Å². The van der Waals surface area contributed by atoms with Crippen LogP contribution in [0.1, 0.15) is 33.2 Å². The normalized spacial score (nSPS) is 10.9. The summed E-state index contributed by atoms with van der Waals surface area (Å²) in [5.74, 6) is -2.79. The SMILES string of the molecule is CCc1c[nH]c2ccc(-c3ccc(N(Cl)C(=O)c4ccccc4C(=O)O)c(F)c3)cc12. The lowest BCUT2D eigenvalue weighted by molar-refractivity contribution is 0.0692. The lowest BCUT2D eigenvalue weighted by atomic mass is 10.0. The lowest BCUT2D eigenvalue weighted by Gasteiger charge is -2.16. The third kappa shape index (κ3) is 3.78. The molecule has 1 aromatic heterocycles. The Morgan fingerprint density at radius 1 is 1.03 bits per heavy atom. The molecule has 0 saturated carbocycles. The Morgan fingerprint density at radius 2 is 1.71 bits per heavy atom. The molecule has 0 bridgehead atoms. The van der Waals surface area contributed by atoms with Gasteiger partial charge >= 0.3 is 5.97 Å². The Morgan fingerprint density at radius 3 is 2.39 bits per heavy atom. The average molecular weight is 437 g/mol. The zero-order chi connectivity index (χ0) is 22.1. The van der Waals surface area contributed by atoms with E-state index in [-0.39, 0.29) is 16.8 Å². The van der Waals surface area contributed by atoms with Crippen LogP contribution in [0.4, 0.5) is 10.1 Å². The van der Waals surface area contributed by atoms with Gasteiger partial charge in [-0.2, -0.15) is 0 Å². The van der Waals surface area contributed by atoms with Crippen molar-refractivity contribution in [3.8, 4) is 11.1 Å². The maximum Gasteiger partial charge on any atom is 0.336 e. The Balaban J connectivity index is 1.68. The fourth-order valence-corrected chi connectivity index (χ4v) is 3.80. The van der Waals surface area contributed by atoms with Gasteiger partial charge in [0, 0.05) is 28.9 Å². The number of halogens is 2. The second kappa shape index (κ2) is 8.24. The van der Waals surface area contributed by atoms with Crippen LogP contribution in [-0.2, 0) is 6.42 Å². The second-order valence-electron chi connectivity index (χ2n) is 7.03. The number of aromatic nitrogens is 1. The summed E-state index contributed by atoms with van der Waals surface area (Å²) in [7, 11) is 0. The van der Waals surface area contributed by atoms with Crippen molar-refractivity contribution < 1.29 is 19.1 Å². The Hall–Kier alpha value is -3.64. The van der Waals surface area contributed by atoms with Gasteiger partial charge in [-0.1, -0.05) is 31.2 Å². The summed E-state index contributed by atoms with van der Waals surface area (Å²) >= 11 is 6.12. The topological polar surface area (TPSA) is 73.4 Å². The molecule has 1 amide bonds. The zero-order valence-corrected chi connectivity index (χ0v) is 17.3. The molecule has 31 heavy (non-hydrogen) atoms. The molecule has 0 aliphatic rings. The van der Waals surface area contributed by atoms with E-state index in [1.165, 1.54) is 42.0 Å². The number of benzene rings is 3.